The van der Waals surface area contributed by atoms with E-state index in [-0.39, 0.29) is 12.0 Å². The SMILES string of the molecule is COC(=O)[C@@H]1Cc2ccc(OCC[C@@H](C)C3CCNCC3)cc2CN1. The fraction of sp³-hybridized carbons (Fsp3) is 0.650. The molecule has 138 valence electrons. The predicted molar refractivity (Wildman–Crippen MR) is 97.7 cm³/mol. The largest absolute Gasteiger partial charge is 0.494 e. The van der Waals surface area contributed by atoms with Gasteiger partial charge in [0.15, 0.2) is 0 Å². The number of methoxy groups -OCH3 is 1. The van der Waals surface area contributed by atoms with Crippen molar-refractivity contribution >= 4 is 5.97 Å². The molecule has 5 nitrogen and oxygen atoms in total. The van der Waals surface area contributed by atoms with Crippen molar-refractivity contribution in [2.24, 2.45) is 11.8 Å². The second-order valence-corrected chi connectivity index (χ2v) is 7.29. The molecule has 1 aromatic carbocycles. The first-order valence-electron chi connectivity index (χ1n) is 9.44. The van der Waals surface area contributed by atoms with Crippen molar-refractivity contribution in [1.29, 1.82) is 0 Å². The molecule has 0 bridgehead atoms. The number of rotatable bonds is 6. The highest BCUT2D eigenvalue weighted by atomic mass is 16.5. The molecule has 0 radical (unpaired) electrons. The van der Waals surface area contributed by atoms with E-state index in [9.17, 15) is 4.79 Å². The highest BCUT2D eigenvalue weighted by molar-refractivity contribution is 5.76. The molecule has 0 unspecified atom stereocenters. The summed E-state index contributed by atoms with van der Waals surface area (Å²) < 4.78 is 10.8. The molecule has 2 N–H and O–H groups in total. The predicted octanol–water partition coefficient (Wildman–Crippen LogP) is 2.28. The van der Waals surface area contributed by atoms with E-state index in [1.165, 1.54) is 31.1 Å². The van der Waals surface area contributed by atoms with Crippen LogP contribution in [0.15, 0.2) is 18.2 Å². The molecule has 0 saturated carbocycles. The lowest BCUT2D eigenvalue weighted by Gasteiger charge is -2.28. The number of benzene rings is 1. The van der Waals surface area contributed by atoms with Crippen molar-refractivity contribution < 1.29 is 14.3 Å². The van der Waals surface area contributed by atoms with Crippen LogP contribution in [0.5, 0.6) is 5.75 Å². The van der Waals surface area contributed by atoms with Gasteiger partial charge in [-0.3, -0.25) is 4.79 Å². The van der Waals surface area contributed by atoms with Gasteiger partial charge in [-0.1, -0.05) is 13.0 Å². The van der Waals surface area contributed by atoms with Crippen molar-refractivity contribution in [2.75, 3.05) is 26.8 Å². The summed E-state index contributed by atoms with van der Waals surface area (Å²) in [7, 11) is 1.43. The van der Waals surface area contributed by atoms with E-state index in [4.69, 9.17) is 9.47 Å². The van der Waals surface area contributed by atoms with Crippen molar-refractivity contribution in [1.82, 2.24) is 10.6 Å². The van der Waals surface area contributed by atoms with Crippen LogP contribution in [-0.4, -0.2) is 38.8 Å². The highest BCUT2D eigenvalue weighted by Gasteiger charge is 2.25. The quantitative estimate of drug-likeness (QED) is 0.774. The lowest BCUT2D eigenvalue weighted by molar-refractivity contribution is -0.143. The normalized spacial score (nSPS) is 22.1. The fourth-order valence-corrected chi connectivity index (χ4v) is 3.90. The Morgan fingerprint density at radius 3 is 2.84 bits per heavy atom. The molecular weight excluding hydrogens is 316 g/mol. The van der Waals surface area contributed by atoms with Crippen LogP contribution in [-0.2, 0) is 22.5 Å². The highest BCUT2D eigenvalue weighted by Crippen LogP contribution is 2.26. The Balaban J connectivity index is 1.49. The minimum atomic E-state index is -0.241. The van der Waals surface area contributed by atoms with Crippen LogP contribution >= 0.6 is 0 Å². The van der Waals surface area contributed by atoms with Crippen LogP contribution in [0.2, 0.25) is 0 Å². The van der Waals surface area contributed by atoms with E-state index in [0.717, 1.165) is 37.8 Å². The zero-order valence-electron chi connectivity index (χ0n) is 15.3. The summed E-state index contributed by atoms with van der Waals surface area (Å²) in [5.41, 5.74) is 2.41. The third kappa shape index (κ3) is 4.73. The number of nitrogens with one attached hydrogen (secondary N) is 2. The Bertz CT molecular complexity index is 584. The molecule has 2 atom stereocenters. The second-order valence-electron chi connectivity index (χ2n) is 7.29. The standard InChI is InChI=1S/C20H30N2O3/c1-14(15-5-8-21-9-6-15)7-10-25-18-4-3-16-12-19(20(23)24-2)22-13-17(16)11-18/h3-4,11,14-15,19,21-22H,5-10,12-13H2,1-2H3/t14-,19+/m1/s1. The average molecular weight is 346 g/mol. The van der Waals surface area contributed by atoms with Crippen LogP contribution in [0.25, 0.3) is 0 Å². The number of hydrogen-bond acceptors (Lipinski definition) is 5. The Morgan fingerprint density at radius 1 is 1.28 bits per heavy atom. The Labute approximate surface area is 150 Å². The van der Waals surface area contributed by atoms with Gasteiger partial charge >= 0.3 is 5.97 Å². The third-order valence-corrected chi connectivity index (χ3v) is 5.66. The Hall–Kier alpha value is -1.59. The van der Waals surface area contributed by atoms with Gasteiger partial charge in [0.2, 0.25) is 0 Å². The molecule has 2 aliphatic rings. The number of hydrogen-bond donors (Lipinski definition) is 2. The molecule has 2 heterocycles. The number of carbonyl (C=O) groups excluding carboxylic acids is 1. The third-order valence-electron chi connectivity index (χ3n) is 5.66. The lowest BCUT2D eigenvalue weighted by atomic mass is 9.84. The molecule has 0 amide bonds. The van der Waals surface area contributed by atoms with Crippen molar-refractivity contribution in [3.05, 3.63) is 29.3 Å². The van der Waals surface area contributed by atoms with E-state index in [1.807, 2.05) is 6.07 Å². The van der Waals surface area contributed by atoms with Crippen LogP contribution in [0.3, 0.4) is 0 Å². The number of esters is 1. The van der Waals surface area contributed by atoms with E-state index >= 15 is 0 Å². The van der Waals surface area contributed by atoms with Gasteiger partial charge in [-0.15, -0.1) is 0 Å². The molecule has 0 spiro atoms. The Kier molecular flexibility index (Phi) is 6.32. The van der Waals surface area contributed by atoms with Gasteiger partial charge in [-0.25, -0.2) is 0 Å². The van der Waals surface area contributed by atoms with Gasteiger partial charge < -0.3 is 20.1 Å². The zero-order chi connectivity index (χ0) is 17.6. The van der Waals surface area contributed by atoms with Crippen LogP contribution in [0.4, 0.5) is 0 Å². The molecule has 0 aliphatic carbocycles. The van der Waals surface area contributed by atoms with Crippen LogP contribution in [0.1, 0.15) is 37.3 Å². The number of carbonyl (C=O) groups is 1. The molecular formula is C20H30N2O3. The molecule has 1 fully saturated rings. The minimum absolute atomic E-state index is 0.196. The molecule has 5 heteroatoms. The summed E-state index contributed by atoms with van der Waals surface area (Å²) in [5.74, 6) is 2.27. The summed E-state index contributed by atoms with van der Waals surface area (Å²) in [5, 5.41) is 6.66. The molecule has 25 heavy (non-hydrogen) atoms. The maximum Gasteiger partial charge on any atom is 0.323 e. The maximum absolute atomic E-state index is 11.7. The van der Waals surface area contributed by atoms with Crippen molar-refractivity contribution in [2.45, 2.75) is 45.2 Å². The molecule has 2 aliphatic heterocycles. The van der Waals surface area contributed by atoms with E-state index < -0.39 is 0 Å². The molecule has 1 aromatic rings. The second kappa shape index (κ2) is 8.68. The fourth-order valence-electron chi connectivity index (χ4n) is 3.90. The minimum Gasteiger partial charge on any atom is -0.494 e. The van der Waals surface area contributed by atoms with E-state index in [1.54, 1.807) is 0 Å². The van der Waals surface area contributed by atoms with Crippen LogP contribution < -0.4 is 15.4 Å². The Morgan fingerprint density at radius 2 is 2.08 bits per heavy atom. The average Bonchev–Trinajstić information content (AvgIpc) is 2.67. The van der Waals surface area contributed by atoms with Gasteiger partial charge in [0.1, 0.15) is 11.8 Å². The van der Waals surface area contributed by atoms with Gasteiger partial charge in [0, 0.05) is 6.54 Å². The van der Waals surface area contributed by atoms with Gasteiger partial charge in [-0.2, -0.15) is 0 Å². The first kappa shape index (κ1) is 18.2. The molecule has 0 aromatic heterocycles. The van der Waals surface area contributed by atoms with Crippen molar-refractivity contribution in [3.8, 4) is 5.75 Å². The summed E-state index contributed by atoms with van der Waals surface area (Å²) in [4.78, 5) is 11.7. The van der Waals surface area contributed by atoms with Gasteiger partial charge in [0.05, 0.1) is 13.7 Å². The molecule has 1 saturated heterocycles. The maximum atomic E-state index is 11.7. The van der Waals surface area contributed by atoms with E-state index in [2.05, 4.69) is 29.7 Å². The number of piperidine rings is 1. The topological polar surface area (TPSA) is 59.6 Å². The lowest BCUT2D eigenvalue weighted by Crippen LogP contribution is -2.42. The summed E-state index contributed by atoms with van der Waals surface area (Å²) in [6.45, 7) is 6.10. The van der Waals surface area contributed by atoms with Gasteiger partial charge in [0.25, 0.3) is 0 Å². The van der Waals surface area contributed by atoms with Crippen LogP contribution in [0, 0.1) is 11.8 Å². The monoisotopic (exact) mass is 346 g/mol. The first-order chi connectivity index (χ1) is 12.2. The smallest absolute Gasteiger partial charge is 0.323 e. The first-order valence-corrected chi connectivity index (χ1v) is 9.44. The zero-order valence-corrected chi connectivity index (χ0v) is 15.3. The van der Waals surface area contributed by atoms with Gasteiger partial charge in [-0.05, 0) is 73.9 Å². The number of ether oxygens (including phenoxy) is 2. The van der Waals surface area contributed by atoms with Crippen molar-refractivity contribution in [3.63, 3.8) is 0 Å². The summed E-state index contributed by atoms with van der Waals surface area (Å²) in [6.07, 6.45) is 4.35. The number of fused-ring (bicyclic) bond motifs is 1. The summed E-state index contributed by atoms with van der Waals surface area (Å²) >= 11 is 0. The molecule has 3 rings (SSSR count). The summed E-state index contributed by atoms with van der Waals surface area (Å²) in [6, 6.07) is 5.96. The van der Waals surface area contributed by atoms with E-state index in [0.29, 0.717) is 18.9 Å².